The molecule has 0 bridgehead atoms. The Morgan fingerprint density at radius 2 is 1.95 bits per heavy atom. The molecular weight excluding hydrogens is 248 g/mol. The smallest absolute Gasteiger partial charge is 0.217 e. The van der Waals surface area contributed by atoms with Crippen LogP contribution in [0.5, 0.6) is 0 Å². The van der Waals surface area contributed by atoms with Crippen molar-refractivity contribution in [3.8, 4) is 0 Å². The van der Waals surface area contributed by atoms with E-state index < -0.39 is 6.29 Å². The molecule has 1 aliphatic rings. The van der Waals surface area contributed by atoms with Crippen LogP contribution >= 0.6 is 0 Å². The van der Waals surface area contributed by atoms with Gasteiger partial charge in [0.2, 0.25) is 11.8 Å². The van der Waals surface area contributed by atoms with Crippen LogP contribution in [0, 0.1) is 0 Å². The van der Waals surface area contributed by atoms with Gasteiger partial charge >= 0.3 is 0 Å². The van der Waals surface area contributed by atoms with Crippen LogP contribution < -0.4 is 10.6 Å². The largest absolute Gasteiger partial charge is 0.354 e. The van der Waals surface area contributed by atoms with Crippen molar-refractivity contribution in [1.29, 1.82) is 0 Å². The molecule has 0 aliphatic carbocycles. The van der Waals surface area contributed by atoms with E-state index in [1.165, 1.54) is 13.8 Å². The Bertz CT molecular complexity index is 320. The minimum atomic E-state index is -0.462. The lowest BCUT2D eigenvalue weighted by atomic mass is 10.0. The molecule has 1 rings (SSSR count). The van der Waals surface area contributed by atoms with Crippen LogP contribution in [0.1, 0.15) is 40.5 Å². The molecule has 2 amide bonds. The highest BCUT2D eigenvalue weighted by molar-refractivity contribution is 5.73. The molecule has 0 radical (unpaired) electrons. The predicted octanol–water partition coefficient (Wildman–Crippen LogP) is 0.557. The van der Waals surface area contributed by atoms with E-state index in [0.717, 1.165) is 12.8 Å². The quantitative estimate of drug-likeness (QED) is 0.766. The van der Waals surface area contributed by atoms with Gasteiger partial charge in [0.05, 0.1) is 18.2 Å². The van der Waals surface area contributed by atoms with Gasteiger partial charge in [0, 0.05) is 20.4 Å². The van der Waals surface area contributed by atoms with E-state index in [0.29, 0.717) is 6.54 Å². The van der Waals surface area contributed by atoms with Crippen molar-refractivity contribution in [2.75, 3.05) is 6.54 Å². The zero-order valence-corrected chi connectivity index (χ0v) is 12.1. The van der Waals surface area contributed by atoms with E-state index in [-0.39, 0.29) is 30.1 Å². The maximum absolute atomic E-state index is 11.2. The van der Waals surface area contributed by atoms with E-state index in [2.05, 4.69) is 10.6 Å². The average molecular weight is 272 g/mol. The lowest BCUT2D eigenvalue weighted by molar-refractivity contribution is -0.220. The van der Waals surface area contributed by atoms with Crippen molar-refractivity contribution in [2.24, 2.45) is 0 Å². The number of nitrogens with one attached hydrogen (secondary N) is 2. The van der Waals surface area contributed by atoms with Gasteiger partial charge in [0.25, 0.3) is 0 Å². The molecule has 1 heterocycles. The molecule has 0 aromatic heterocycles. The molecule has 0 aromatic rings. The van der Waals surface area contributed by atoms with E-state index in [1.54, 1.807) is 0 Å². The second-order valence-corrected chi connectivity index (χ2v) is 5.13. The number of rotatable bonds is 5. The van der Waals surface area contributed by atoms with E-state index in [4.69, 9.17) is 9.47 Å². The predicted molar refractivity (Wildman–Crippen MR) is 70.4 cm³/mol. The van der Waals surface area contributed by atoms with Gasteiger partial charge in [-0.3, -0.25) is 9.59 Å². The summed E-state index contributed by atoms with van der Waals surface area (Å²) in [7, 11) is 0. The van der Waals surface area contributed by atoms with Crippen LogP contribution in [0.4, 0.5) is 0 Å². The first-order valence-electron chi connectivity index (χ1n) is 6.71. The maximum atomic E-state index is 11.2. The first-order valence-corrected chi connectivity index (χ1v) is 6.71. The summed E-state index contributed by atoms with van der Waals surface area (Å²) in [5, 5.41) is 5.58. The number of hydrogen-bond donors (Lipinski definition) is 2. The van der Waals surface area contributed by atoms with Gasteiger partial charge in [0.1, 0.15) is 0 Å². The van der Waals surface area contributed by atoms with Crippen LogP contribution in [-0.4, -0.2) is 42.9 Å². The van der Waals surface area contributed by atoms with Gasteiger partial charge in [-0.05, 0) is 26.7 Å². The molecule has 19 heavy (non-hydrogen) atoms. The Labute approximate surface area is 114 Å². The topological polar surface area (TPSA) is 76.7 Å². The number of hydrogen-bond acceptors (Lipinski definition) is 4. The van der Waals surface area contributed by atoms with E-state index >= 15 is 0 Å². The molecule has 1 aliphatic heterocycles. The van der Waals surface area contributed by atoms with Gasteiger partial charge in [-0.1, -0.05) is 0 Å². The second kappa shape index (κ2) is 7.45. The highest BCUT2D eigenvalue weighted by Crippen LogP contribution is 2.21. The number of ether oxygens (including phenoxy) is 2. The molecule has 1 saturated heterocycles. The molecule has 0 unspecified atom stereocenters. The minimum absolute atomic E-state index is 0.0146. The lowest BCUT2D eigenvalue weighted by Gasteiger charge is -2.37. The number of carbonyl (C=O) groups excluding carboxylic acids is 2. The third-order valence-electron chi connectivity index (χ3n) is 2.83. The van der Waals surface area contributed by atoms with E-state index in [9.17, 15) is 9.59 Å². The van der Waals surface area contributed by atoms with Crippen LogP contribution in [0.3, 0.4) is 0 Å². The molecule has 1 fully saturated rings. The highest BCUT2D eigenvalue weighted by Gasteiger charge is 2.33. The van der Waals surface area contributed by atoms with Crippen molar-refractivity contribution in [1.82, 2.24) is 10.6 Å². The molecule has 6 nitrogen and oxygen atoms in total. The highest BCUT2D eigenvalue weighted by atomic mass is 16.7. The van der Waals surface area contributed by atoms with Crippen LogP contribution in [0.25, 0.3) is 0 Å². The fraction of sp³-hybridized carbons (Fsp3) is 0.846. The first kappa shape index (κ1) is 15.9. The van der Waals surface area contributed by atoms with Crippen molar-refractivity contribution >= 4 is 11.8 Å². The van der Waals surface area contributed by atoms with Crippen molar-refractivity contribution in [3.63, 3.8) is 0 Å². The number of carbonyl (C=O) groups is 2. The Morgan fingerprint density at radius 1 is 1.26 bits per heavy atom. The van der Waals surface area contributed by atoms with Crippen molar-refractivity contribution in [3.05, 3.63) is 0 Å². The molecular formula is C13H24N2O4. The Morgan fingerprint density at radius 3 is 2.47 bits per heavy atom. The zero-order chi connectivity index (χ0) is 14.4. The average Bonchev–Trinajstić information content (AvgIpc) is 2.28. The van der Waals surface area contributed by atoms with Crippen LogP contribution in [-0.2, 0) is 19.1 Å². The van der Waals surface area contributed by atoms with E-state index in [1.807, 2.05) is 13.8 Å². The summed E-state index contributed by atoms with van der Waals surface area (Å²) in [4.78, 5) is 22.1. The van der Waals surface area contributed by atoms with Crippen molar-refractivity contribution in [2.45, 2.75) is 65.1 Å². The normalized spacial score (nSPS) is 27.1. The van der Waals surface area contributed by atoms with Crippen LogP contribution in [0.15, 0.2) is 0 Å². The minimum Gasteiger partial charge on any atom is -0.354 e. The summed E-state index contributed by atoms with van der Waals surface area (Å²) in [5.41, 5.74) is 0. The molecule has 0 saturated carbocycles. The standard InChI is InChI=1S/C13H24N2O4/c1-8(2)18-13-12(15-10(4)17)6-5-11(19-13)7-14-9(3)16/h8,11-13H,5-7H2,1-4H3,(H,14,16)(H,15,17)/t11-,12-,13-/m0/s1. The second-order valence-electron chi connectivity index (χ2n) is 5.13. The Hall–Kier alpha value is -1.14. The SMILES string of the molecule is CC(=O)NC[C@@H]1CC[C@H](NC(C)=O)[C@@H](OC(C)C)O1. The Kier molecular flexibility index (Phi) is 6.24. The van der Waals surface area contributed by atoms with Gasteiger partial charge < -0.3 is 20.1 Å². The zero-order valence-electron chi connectivity index (χ0n) is 12.1. The van der Waals surface area contributed by atoms with Gasteiger partial charge in [-0.15, -0.1) is 0 Å². The summed E-state index contributed by atoms with van der Waals surface area (Å²) in [5.74, 6) is -0.167. The fourth-order valence-corrected chi connectivity index (χ4v) is 2.06. The lowest BCUT2D eigenvalue weighted by Crippen LogP contribution is -2.52. The third kappa shape index (κ3) is 6.02. The first-order chi connectivity index (χ1) is 8.88. The Balaban J connectivity index is 2.54. The molecule has 6 heteroatoms. The monoisotopic (exact) mass is 272 g/mol. The summed E-state index contributed by atoms with van der Waals surface area (Å²) < 4.78 is 11.5. The fourth-order valence-electron chi connectivity index (χ4n) is 2.06. The molecule has 2 N–H and O–H groups in total. The van der Waals surface area contributed by atoms with Gasteiger partial charge in [-0.25, -0.2) is 0 Å². The third-order valence-corrected chi connectivity index (χ3v) is 2.83. The van der Waals surface area contributed by atoms with Crippen molar-refractivity contribution < 1.29 is 19.1 Å². The summed E-state index contributed by atoms with van der Waals surface area (Å²) in [6.45, 7) is 7.28. The summed E-state index contributed by atoms with van der Waals surface area (Å²) in [6, 6.07) is -0.131. The summed E-state index contributed by atoms with van der Waals surface area (Å²) in [6.07, 6.45) is 1.04. The van der Waals surface area contributed by atoms with Gasteiger partial charge in [-0.2, -0.15) is 0 Å². The molecule has 0 spiro atoms. The molecule has 110 valence electrons. The molecule has 0 aromatic carbocycles. The van der Waals surface area contributed by atoms with Crippen LogP contribution in [0.2, 0.25) is 0 Å². The van der Waals surface area contributed by atoms with Gasteiger partial charge in [0.15, 0.2) is 6.29 Å². The molecule has 3 atom stereocenters. The maximum Gasteiger partial charge on any atom is 0.217 e. The summed E-state index contributed by atoms with van der Waals surface area (Å²) >= 11 is 0. The number of amides is 2.